The van der Waals surface area contributed by atoms with Gasteiger partial charge in [0, 0.05) is 6.54 Å². The van der Waals surface area contributed by atoms with Crippen molar-refractivity contribution in [3.8, 4) is 0 Å². The summed E-state index contributed by atoms with van der Waals surface area (Å²) in [5, 5.41) is 0. The molecule has 0 N–H and O–H groups in total. The normalized spacial score (nSPS) is 21.6. The molecule has 0 aliphatic carbocycles. The smallest absolute Gasteiger partial charge is 0.410 e. The summed E-state index contributed by atoms with van der Waals surface area (Å²) in [6, 6.07) is 0.0959. The zero-order chi connectivity index (χ0) is 12.9. The fourth-order valence-electron chi connectivity index (χ4n) is 1.87. The fraction of sp³-hybridized carbons (Fsp3) is 0.769. The van der Waals surface area contributed by atoms with Crippen LogP contribution in [0.2, 0.25) is 0 Å². The number of hydrogen-bond donors (Lipinski definition) is 0. The molecule has 0 radical (unpaired) electrons. The van der Waals surface area contributed by atoms with Gasteiger partial charge in [-0.15, -0.1) is 0 Å². The van der Waals surface area contributed by atoms with Crippen molar-refractivity contribution in [3.63, 3.8) is 0 Å². The third-order valence-electron chi connectivity index (χ3n) is 2.61. The van der Waals surface area contributed by atoms with Gasteiger partial charge >= 0.3 is 6.09 Å². The molecule has 1 atom stereocenters. The molecule has 98 valence electrons. The van der Waals surface area contributed by atoms with Gasteiger partial charge in [-0.1, -0.05) is 0 Å². The van der Waals surface area contributed by atoms with Crippen LogP contribution in [0.15, 0.2) is 12.3 Å². The van der Waals surface area contributed by atoms with E-state index in [1.54, 1.807) is 18.3 Å². The molecule has 1 heterocycles. The van der Waals surface area contributed by atoms with E-state index >= 15 is 0 Å². The van der Waals surface area contributed by atoms with Crippen molar-refractivity contribution in [2.24, 2.45) is 0 Å². The van der Waals surface area contributed by atoms with Crippen molar-refractivity contribution in [3.05, 3.63) is 12.3 Å². The van der Waals surface area contributed by atoms with Crippen LogP contribution >= 0.6 is 0 Å². The maximum Gasteiger partial charge on any atom is 0.410 e. The largest absolute Gasteiger partial charge is 0.505 e. The number of carbonyl (C=O) groups is 1. The van der Waals surface area contributed by atoms with Crippen molar-refractivity contribution >= 4 is 6.09 Å². The lowest BCUT2D eigenvalue weighted by Crippen LogP contribution is -2.45. The first-order chi connectivity index (χ1) is 7.94. The van der Waals surface area contributed by atoms with Gasteiger partial charge in [0.25, 0.3) is 0 Å². The average molecular weight is 241 g/mol. The molecule has 0 saturated carbocycles. The lowest BCUT2D eigenvalue weighted by Gasteiger charge is -2.35. The number of carbonyl (C=O) groups excluding carboxylic acids is 1. The minimum absolute atomic E-state index is 0.0959. The number of nitrogens with zero attached hydrogens (tertiary/aromatic N) is 1. The molecule has 0 bridgehead atoms. The van der Waals surface area contributed by atoms with Crippen LogP contribution in [-0.2, 0) is 9.47 Å². The Morgan fingerprint density at radius 2 is 2.06 bits per heavy atom. The zero-order valence-corrected chi connectivity index (χ0v) is 11.2. The molecule has 1 aliphatic heterocycles. The van der Waals surface area contributed by atoms with E-state index in [2.05, 4.69) is 0 Å². The van der Waals surface area contributed by atoms with E-state index in [1.807, 2.05) is 26.8 Å². The first kappa shape index (κ1) is 13.9. The van der Waals surface area contributed by atoms with E-state index in [0.29, 0.717) is 0 Å². The Morgan fingerprint density at radius 3 is 2.65 bits per heavy atom. The number of rotatable bonds is 2. The molecule has 1 saturated heterocycles. The Balaban J connectivity index is 2.64. The Bertz CT molecular complexity index is 281. The molecule has 4 nitrogen and oxygen atoms in total. The van der Waals surface area contributed by atoms with Crippen LogP contribution in [0.4, 0.5) is 4.79 Å². The maximum absolute atomic E-state index is 12.0. The molecular weight excluding hydrogens is 218 g/mol. The fourth-order valence-corrected chi connectivity index (χ4v) is 1.87. The highest BCUT2D eigenvalue weighted by Gasteiger charge is 2.28. The van der Waals surface area contributed by atoms with Crippen molar-refractivity contribution in [2.45, 2.75) is 51.7 Å². The van der Waals surface area contributed by atoms with Gasteiger partial charge in [-0.05, 0) is 46.1 Å². The van der Waals surface area contributed by atoms with Crippen molar-refractivity contribution < 1.29 is 14.3 Å². The lowest BCUT2D eigenvalue weighted by atomic mass is 10.0. The van der Waals surface area contributed by atoms with Crippen LogP contribution in [0.25, 0.3) is 0 Å². The second-order valence-electron chi connectivity index (χ2n) is 5.30. The maximum atomic E-state index is 12.0. The minimum Gasteiger partial charge on any atom is -0.505 e. The highest BCUT2D eigenvalue weighted by Crippen LogP contribution is 2.21. The molecule has 0 aromatic carbocycles. The van der Waals surface area contributed by atoms with Crippen LogP contribution in [-0.4, -0.2) is 36.3 Å². The molecule has 1 amide bonds. The predicted molar refractivity (Wildman–Crippen MR) is 66.7 cm³/mol. The summed E-state index contributed by atoms with van der Waals surface area (Å²) in [4.78, 5) is 13.8. The second-order valence-corrected chi connectivity index (χ2v) is 5.30. The molecule has 0 spiro atoms. The molecule has 0 aromatic heterocycles. The molecule has 1 fully saturated rings. The standard InChI is InChI=1S/C13H23NO3/c1-13(2,3)17-12(15)14-9-6-5-7-11(14)8-10-16-4/h8,10-11H,5-7,9H2,1-4H3/b10-8+/t11-/m1/s1. The number of methoxy groups -OCH3 is 1. The van der Waals surface area contributed by atoms with Crippen molar-refractivity contribution in [1.82, 2.24) is 4.90 Å². The summed E-state index contributed by atoms with van der Waals surface area (Å²) in [5.74, 6) is 0. The van der Waals surface area contributed by atoms with Gasteiger partial charge in [-0.2, -0.15) is 0 Å². The van der Waals surface area contributed by atoms with Crippen molar-refractivity contribution in [2.75, 3.05) is 13.7 Å². The third-order valence-corrected chi connectivity index (χ3v) is 2.61. The summed E-state index contributed by atoms with van der Waals surface area (Å²) in [6.45, 7) is 6.41. The van der Waals surface area contributed by atoms with Gasteiger partial charge in [-0.25, -0.2) is 4.79 Å². The monoisotopic (exact) mass is 241 g/mol. The zero-order valence-electron chi connectivity index (χ0n) is 11.2. The van der Waals surface area contributed by atoms with Crippen molar-refractivity contribution in [1.29, 1.82) is 0 Å². The Morgan fingerprint density at radius 1 is 1.35 bits per heavy atom. The van der Waals surface area contributed by atoms with Gasteiger partial charge in [-0.3, -0.25) is 0 Å². The quantitative estimate of drug-likeness (QED) is 0.698. The average Bonchev–Trinajstić information content (AvgIpc) is 2.24. The van der Waals surface area contributed by atoms with Gasteiger partial charge in [0.2, 0.25) is 0 Å². The summed E-state index contributed by atoms with van der Waals surface area (Å²) in [6.07, 6.45) is 6.47. The number of likely N-dealkylation sites (tertiary alicyclic amines) is 1. The highest BCUT2D eigenvalue weighted by atomic mass is 16.6. The molecule has 17 heavy (non-hydrogen) atoms. The van der Waals surface area contributed by atoms with Gasteiger partial charge in [0.15, 0.2) is 0 Å². The van der Waals surface area contributed by atoms with E-state index in [4.69, 9.17) is 9.47 Å². The van der Waals surface area contributed by atoms with E-state index in [0.717, 1.165) is 25.8 Å². The minimum atomic E-state index is -0.440. The molecular formula is C13H23NO3. The van der Waals surface area contributed by atoms with Crippen LogP contribution in [0.5, 0.6) is 0 Å². The SMILES string of the molecule is CO/C=C/[C@H]1CCCCN1C(=O)OC(C)(C)C. The molecule has 1 aliphatic rings. The third kappa shape index (κ3) is 4.67. The summed E-state index contributed by atoms with van der Waals surface area (Å²) >= 11 is 0. The van der Waals surface area contributed by atoms with Crippen LogP contribution in [0.3, 0.4) is 0 Å². The highest BCUT2D eigenvalue weighted by molar-refractivity contribution is 5.69. The molecule has 4 heteroatoms. The first-order valence-corrected chi connectivity index (χ1v) is 6.13. The molecule has 0 unspecified atom stereocenters. The Labute approximate surface area is 104 Å². The van der Waals surface area contributed by atoms with E-state index < -0.39 is 5.60 Å². The van der Waals surface area contributed by atoms with Crippen LogP contribution in [0, 0.1) is 0 Å². The number of piperidine rings is 1. The lowest BCUT2D eigenvalue weighted by molar-refractivity contribution is 0.0148. The predicted octanol–water partition coefficient (Wildman–Crippen LogP) is 2.94. The number of ether oxygens (including phenoxy) is 2. The summed E-state index contributed by atoms with van der Waals surface area (Å²) < 4.78 is 10.3. The topological polar surface area (TPSA) is 38.8 Å². The Hall–Kier alpha value is -1.19. The Kier molecular flexibility index (Phi) is 4.85. The molecule has 1 rings (SSSR count). The van der Waals surface area contributed by atoms with Crippen LogP contribution in [0.1, 0.15) is 40.0 Å². The van der Waals surface area contributed by atoms with E-state index in [-0.39, 0.29) is 12.1 Å². The van der Waals surface area contributed by atoms with Gasteiger partial charge < -0.3 is 14.4 Å². The van der Waals surface area contributed by atoms with Crippen LogP contribution < -0.4 is 0 Å². The molecule has 0 aromatic rings. The van der Waals surface area contributed by atoms with E-state index in [1.165, 1.54) is 0 Å². The van der Waals surface area contributed by atoms with E-state index in [9.17, 15) is 4.79 Å². The summed E-state index contributed by atoms with van der Waals surface area (Å²) in [5.41, 5.74) is -0.440. The first-order valence-electron chi connectivity index (χ1n) is 6.13. The summed E-state index contributed by atoms with van der Waals surface area (Å²) in [7, 11) is 1.61. The second kappa shape index (κ2) is 5.94. The number of hydrogen-bond acceptors (Lipinski definition) is 3. The van der Waals surface area contributed by atoms with Gasteiger partial charge in [0.1, 0.15) is 5.60 Å². The number of amides is 1. The van der Waals surface area contributed by atoms with Gasteiger partial charge in [0.05, 0.1) is 19.4 Å².